The molecule has 0 aromatic heterocycles. The maximum atomic E-state index is 10.5. The van der Waals surface area contributed by atoms with E-state index in [0.29, 0.717) is 26.4 Å². The van der Waals surface area contributed by atoms with E-state index in [1.165, 1.54) is 0 Å². The van der Waals surface area contributed by atoms with E-state index in [2.05, 4.69) is 11.2 Å². The van der Waals surface area contributed by atoms with Gasteiger partial charge in [-0.25, -0.2) is 4.79 Å². The standard InChI is InChI=1S/C12H21NO4/c1-4-7-16-9-10-17-8-5-6-12(2,3)13-11(14)15/h1,13H,5-10H2,2-3H3,(H,14,15). The summed E-state index contributed by atoms with van der Waals surface area (Å²) in [6.07, 6.45) is 5.53. The molecule has 0 bridgehead atoms. The lowest BCUT2D eigenvalue weighted by molar-refractivity contribution is 0.0564. The fourth-order valence-electron chi connectivity index (χ4n) is 1.32. The van der Waals surface area contributed by atoms with Crippen molar-refractivity contribution in [1.29, 1.82) is 0 Å². The minimum Gasteiger partial charge on any atom is -0.465 e. The quantitative estimate of drug-likeness (QED) is 0.475. The van der Waals surface area contributed by atoms with E-state index < -0.39 is 11.6 Å². The second kappa shape index (κ2) is 8.85. The first kappa shape index (κ1) is 15.8. The Hall–Kier alpha value is -1.25. The van der Waals surface area contributed by atoms with Gasteiger partial charge in [-0.05, 0) is 26.7 Å². The average molecular weight is 243 g/mol. The van der Waals surface area contributed by atoms with Crippen LogP contribution in [0.25, 0.3) is 0 Å². The molecule has 0 aliphatic carbocycles. The number of ether oxygens (including phenoxy) is 2. The number of amides is 1. The van der Waals surface area contributed by atoms with E-state index in [9.17, 15) is 4.79 Å². The molecule has 0 radical (unpaired) electrons. The third-order valence-corrected chi connectivity index (χ3v) is 2.09. The second-order valence-electron chi connectivity index (χ2n) is 4.29. The number of carbonyl (C=O) groups is 1. The van der Waals surface area contributed by atoms with Crippen molar-refractivity contribution in [3.8, 4) is 12.3 Å². The summed E-state index contributed by atoms with van der Waals surface area (Å²) in [4.78, 5) is 10.5. The lowest BCUT2D eigenvalue weighted by Gasteiger charge is -2.24. The molecule has 0 unspecified atom stereocenters. The lowest BCUT2D eigenvalue weighted by atomic mass is 9.99. The molecule has 0 atom stereocenters. The largest absolute Gasteiger partial charge is 0.465 e. The van der Waals surface area contributed by atoms with E-state index >= 15 is 0 Å². The van der Waals surface area contributed by atoms with E-state index in [-0.39, 0.29) is 0 Å². The molecule has 2 N–H and O–H groups in total. The van der Waals surface area contributed by atoms with Crippen LogP contribution in [-0.4, -0.2) is 43.2 Å². The molecule has 5 heteroatoms. The van der Waals surface area contributed by atoms with Crippen molar-refractivity contribution >= 4 is 6.09 Å². The summed E-state index contributed by atoms with van der Waals surface area (Å²) in [5.41, 5.74) is -0.421. The lowest BCUT2D eigenvalue weighted by Crippen LogP contribution is -2.42. The van der Waals surface area contributed by atoms with Crippen LogP contribution in [0.3, 0.4) is 0 Å². The van der Waals surface area contributed by atoms with Gasteiger partial charge >= 0.3 is 6.09 Å². The zero-order valence-corrected chi connectivity index (χ0v) is 10.5. The zero-order chi connectivity index (χ0) is 13.1. The van der Waals surface area contributed by atoms with Crippen molar-refractivity contribution in [2.24, 2.45) is 0 Å². The second-order valence-corrected chi connectivity index (χ2v) is 4.29. The summed E-state index contributed by atoms with van der Waals surface area (Å²) in [5, 5.41) is 11.0. The molecule has 0 aliphatic heterocycles. The minimum atomic E-state index is -1.00. The number of terminal acetylenes is 1. The van der Waals surface area contributed by atoms with Crippen molar-refractivity contribution in [3.05, 3.63) is 0 Å². The summed E-state index contributed by atoms with van der Waals surface area (Å²) < 4.78 is 10.3. The van der Waals surface area contributed by atoms with Crippen molar-refractivity contribution < 1.29 is 19.4 Å². The van der Waals surface area contributed by atoms with Gasteiger partial charge in [0.15, 0.2) is 0 Å². The molecule has 5 nitrogen and oxygen atoms in total. The van der Waals surface area contributed by atoms with Crippen molar-refractivity contribution in [1.82, 2.24) is 5.32 Å². The van der Waals surface area contributed by atoms with Crippen LogP contribution in [0.2, 0.25) is 0 Å². The molecule has 0 rings (SSSR count). The summed E-state index contributed by atoms with van der Waals surface area (Å²) in [7, 11) is 0. The monoisotopic (exact) mass is 243 g/mol. The molecule has 0 spiro atoms. The smallest absolute Gasteiger partial charge is 0.405 e. The number of nitrogens with one attached hydrogen (secondary N) is 1. The van der Waals surface area contributed by atoms with Crippen molar-refractivity contribution in [2.75, 3.05) is 26.4 Å². The molecule has 17 heavy (non-hydrogen) atoms. The van der Waals surface area contributed by atoms with Gasteiger partial charge in [0.05, 0.1) is 13.2 Å². The Bertz CT molecular complexity index is 258. The molecule has 0 saturated heterocycles. The fraction of sp³-hybridized carbons (Fsp3) is 0.750. The van der Waals surface area contributed by atoms with Crippen LogP contribution in [0.15, 0.2) is 0 Å². The molecule has 0 aliphatic rings. The first-order valence-corrected chi connectivity index (χ1v) is 5.58. The Morgan fingerprint density at radius 3 is 2.59 bits per heavy atom. The first-order valence-electron chi connectivity index (χ1n) is 5.58. The molecule has 98 valence electrons. The van der Waals surface area contributed by atoms with Crippen LogP contribution in [0.1, 0.15) is 26.7 Å². The highest BCUT2D eigenvalue weighted by Crippen LogP contribution is 2.10. The highest BCUT2D eigenvalue weighted by Gasteiger charge is 2.18. The van der Waals surface area contributed by atoms with Crippen LogP contribution in [0.4, 0.5) is 4.79 Å². The average Bonchev–Trinajstić information content (AvgIpc) is 2.20. The van der Waals surface area contributed by atoms with Gasteiger partial charge in [0.25, 0.3) is 0 Å². The van der Waals surface area contributed by atoms with E-state index in [1.54, 1.807) is 0 Å². The van der Waals surface area contributed by atoms with Crippen molar-refractivity contribution in [3.63, 3.8) is 0 Å². The third-order valence-electron chi connectivity index (χ3n) is 2.09. The highest BCUT2D eigenvalue weighted by atomic mass is 16.5. The Morgan fingerprint density at radius 1 is 1.35 bits per heavy atom. The van der Waals surface area contributed by atoms with Crippen LogP contribution in [0.5, 0.6) is 0 Å². The van der Waals surface area contributed by atoms with Gasteiger partial charge in [-0.2, -0.15) is 0 Å². The number of hydrogen-bond acceptors (Lipinski definition) is 3. The Kier molecular flexibility index (Phi) is 8.20. The van der Waals surface area contributed by atoms with Crippen LogP contribution in [-0.2, 0) is 9.47 Å². The molecule has 0 saturated carbocycles. The third kappa shape index (κ3) is 11.0. The maximum Gasteiger partial charge on any atom is 0.405 e. The van der Waals surface area contributed by atoms with E-state index in [4.69, 9.17) is 21.0 Å². The Labute approximate surface area is 102 Å². The van der Waals surface area contributed by atoms with Crippen molar-refractivity contribution in [2.45, 2.75) is 32.2 Å². The van der Waals surface area contributed by atoms with E-state index in [1.807, 2.05) is 13.8 Å². The van der Waals surface area contributed by atoms with Gasteiger partial charge in [-0.15, -0.1) is 6.42 Å². The first-order chi connectivity index (χ1) is 7.98. The highest BCUT2D eigenvalue weighted by molar-refractivity contribution is 5.65. The molecular formula is C12H21NO4. The number of rotatable bonds is 9. The number of carboxylic acid groups (broad SMARTS) is 1. The molecule has 0 fully saturated rings. The summed E-state index contributed by atoms with van der Waals surface area (Å²) >= 11 is 0. The maximum absolute atomic E-state index is 10.5. The van der Waals surface area contributed by atoms with E-state index in [0.717, 1.165) is 12.8 Å². The Morgan fingerprint density at radius 2 is 2.00 bits per heavy atom. The van der Waals surface area contributed by atoms with Gasteiger partial charge in [0, 0.05) is 12.1 Å². The predicted octanol–water partition coefficient (Wildman–Crippen LogP) is 1.48. The normalized spacial score (nSPS) is 10.9. The summed E-state index contributed by atoms with van der Waals surface area (Å²) in [5.74, 6) is 2.37. The van der Waals surface area contributed by atoms with Crippen LogP contribution >= 0.6 is 0 Å². The molecule has 1 amide bonds. The van der Waals surface area contributed by atoms with Gasteiger partial charge in [0.1, 0.15) is 6.61 Å². The molecular weight excluding hydrogens is 222 g/mol. The summed E-state index contributed by atoms with van der Waals surface area (Å²) in [6.45, 7) is 5.58. The number of hydrogen-bond donors (Lipinski definition) is 2. The van der Waals surface area contributed by atoms with Gasteiger partial charge in [0.2, 0.25) is 0 Å². The van der Waals surface area contributed by atoms with Gasteiger partial charge in [-0.3, -0.25) is 0 Å². The SMILES string of the molecule is C#CCOCCOCCCC(C)(C)NC(=O)O. The predicted molar refractivity (Wildman–Crippen MR) is 64.9 cm³/mol. The Balaban J connectivity index is 3.39. The topological polar surface area (TPSA) is 67.8 Å². The minimum absolute atomic E-state index is 0.304. The zero-order valence-electron chi connectivity index (χ0n) is 10.5. The summed E-state index contributed by atoms with van der Waals surface area (Å²) in [6, 6.07) is 0. The van der Waals surface area contributed by atoms with Crippen LogP contribution in [0, 0.1) is 12.3 Å². The van der Waals surface area contributed by atoms with Crippen LogP contribution < -0.4 is 5.32 Å². The molecule has 0 aromatic rings. The molecule has 0 heterocycles. The van der Waals surface area contributed by atoms with Gasteiger partial charge in [-0.1, -0.05) is 5.92 Å². The molecule has 0 aromatic carbocycles. The fourth-order valence-corrected chi connectivity index (χ4v) is 1.32. The van der Waals surface area contributed by atoms with Gasteiger partial charge < -0.3 is 19.9 Å².